The van der Waals surface area contributed by atoms with Gasteiger partial charge in [-0.05, 0) is 76.5 Å². The van der Waals surface area contributed by atoms with Crippen molar-refractivity contribution in [2.45, 2.75) is 84.7 Å². The molecule has 132 valence electrons. The van der Waals surface area contributed by atoms with E-state index in [1.165, 1.54) is 25.7 Å². The number of hydrogen-bond donors (Lipinski definition) is 1. The predicted molar refractivity (Wildman–Crippen MR) is 89.0 cm³/mol. The molecule has 0 radical (unpaired) electrons. The average Bonchev–Trinajstić information content (AvgIpc) is 2.44. The van der Waals surface area contributed by atoms with Crippen LogP contribution in [-0.4, -0.2) is 22.6 Å². The van der Waals surface area contributed by atoms with Gasteiger partial charge < -0.3 is 9.84 Å². The number of ether oxygens (including phenoxy) is 1. The second-order valence-electron chi connectivity index (χ2n) is 8.48. The third-order valence-electron chi connectivity index (χ3n) is 6.26. The summed E-state index contributed by atoms with van der Waals surface area (Å²) in [6.07, 6.45) is 9.77. The number of carbonyl (C=O) groups is 2. The van der Waals surface area contributed by atoms with Crippen molar-refractivity contribution in [3.63, 3.8) is 0 Å². The Labute approximate surface area is 140 Å². The van der Waals surface area contributed by atoms with Crippen LogP contribution < -0.4 is 0 Å². The van der Waals surface area contributed by atoms with Crippen molar-refractivity contribution in [1.29, 1.82) is 0 Å². The smallest absolute Gasteiger partial charge is 0.312 e. The molecule has 4 nitrogen and oxygen atoms in total. The zero-order chi connectivity index (χ0) is 17.3. The molecular formula is C19H32O4. The molecule has 0 spiro atoms. The van der Waals surface area contributed by atoms with Crippen LogP contribution in [0.2, 0.25) is 0 Å². The molecule has 1 N–H and O–H groups in total. The van der Waals surface area contributed by atoms with Crippen LogP contribution in [0.1, 0.15) is 79.1 Å². The van der Waals surface area contributed by atoms with E-state index in [1.54, 1.807) is 0 Å². The maximum Gasteiger partial charge on any atom is 0.312 e. The van der Waals surface area contributed by atoms with Crippen LogP contribution in [0.15, 0.2) is 0 Å². The van der Waals surface area contributed by atoms with E-state index in [9.17, 15) is 4.79 Å². The zero-order valence-corrected chi connectivity index (χ0v) is 15.1. The summed E-state index contributed by atoms with van der Waals surface area (Å²) in [5.74, 6) is 1.81. The highest BCUT2D eigenvalue weighted by Gasteiger charge is 2.52. The quantitative estimate of drug-likeness (QED) is 0.781. The molecule has 23 heavy (non-hydrogen) atoms. The summed E-state index contributed by atoms with van der Waals surface area (Å²) < 4.78 is 6.12. The summed E-state index contributed by atoms with van der Waals surface area (Å²) in [4.78, 5) is 21.4. The highest BCUT2D eigenvalue weighted by Crippen LogP contribution is 2.55. The van der Waals surface area contributed by atoms with E-state index in [1.807, 2.05) is 13.8 Å². The number of rotatable bonds is 3. The summed E-state index contributed by atoms with van der Waals surface area (Å²) in [6.45, 7) is 7.19. The van der Waals surface area contributed by atoms with Gasteiger partial charge in [-0.25, -0.2) is 0 Å². The van der Waals surface area contributed by atoms with Gasteiger partial charge in [-0.1, -0.05) is 13.3 Å². The first kappa shape index (κ1) is 18.3. The molecule has 3 rings (SSSR count). The summed E-state index contributed by atoms with van der Waals surface area (Å²) in [5.41, 5.74) is -0.411. The van der Waals surface area contributed by atoms with E-state index in [0.717, 1.165) is 50.4 Å². The van der Waals surface area contributed by atoms with Crippen LogP contribution in [0.5, 0.6) is 0 Å². The van der Waals surface area contributed by atoms with Gasteiger partial charge in [0.2, 0.25) is 0 Å². The van der Waals surface area contributed by atoms with Gasteiger partial charge in [0.15, 0.2) is 0 Å². The number of esters is 1. The lowest BCUT2D eigenvalue weighted by molar-refractivity contribution is -0.190. The molecule has 0 aliphatic heterocycles. The minimum atomic E-state index is -0.833. The Morgan fingerprint density at radius 1 is 1.17 bits per heavy atom. The van der Waals surface area contributed by atoms with E-state index in [2.05, 4.69) is 6.92 Å². The number of carboxylic acid groups (broad SMARTS) is 1. The third-order valence-corrected chi connectivity index (χ3v) is 6.26. The molecule has 3 bridgehead atoms. The lowest BCUT2D eigenvalue weighted by atomic mass is 9.56. The SMILES string of the molecule is CC(=O)O.CCC(C)(C)C(=O)OC12CCC3CCC(CC3C1)C2. The highest BCUT2D eigenvalue weighted by atomic mass is 16.6. The Morgan fingerprint density at radius 2 is 1.83 bits per heavy atom. The molecule has 0 amide bonds. The number of hydrogen-bond acceptors (Lipinski definition) is 3. The first-order chi connectivity index (χ1) is 10.7. The first-order valence-corrected chi connectivity index (χ1v) is 9.10. The predicted octanol–water partition coefficient (Wildman–Crippen LogP) is 4.42. The molecule has 4 unspecified atom stereocenters. The monoisotopic (exact) mass is 324 g/mol. The topological polar surface area (TPSA) is 63.6 Å². The molecule has 0 aromatic rings. The Hall–Kier alpha value is -1.06. The molecule has 0 heterocycles. The summed E-state index contributed by atoms with van der Waals surface area (Å²) >= 11 is 0. The summed E-state index contributed by atoms with van der Waals surface area (Å²) in [7, 11) is 0. The van der Waals surface area contributed by atoms with Gasteiger partial charge in [-0.2, -0.15) is 0 Å². The largest absolute Gasteiger partial charge is 0.481 e. The van der Waals surface area contributed by atoms with Crippen LogP contribution >= 0.6 is 0 Å². The van der Waals surface area contributed by atoms with Gasteiger partial charge in [0.1, 0.15) is 5.60 Å². The summed E-state index contributed by atoms with van der Waals surface area (Å²) in [6, 6.07) is 0. The van der Waals surface area contributed by atoms with E-state index < -0.39 is 5.97 Å². The normalized spacial score (nSPS) is 35.0. The molecular weight excluding hydrogens is 292 g/mol. The van der Waals surface area contributed by atoms with Crippen LogP contribution in [0.4, 0.5) is 0 Å². The van der Waals surface area contributed by atoms with E-state index in [4.69, 9.17) is 14.6 Å². The fraction of sp³-hybridized carbons (Fsp3) is 0.895. The average molecular weight is 324 g/mol. The maximum atomic E-state index is 12.4. The first-order valence-electron chi connectivity index (χ1n) is 9.10. The summed E-state index contributed by atoms with van der Waals surface area (Å²) in [5, 5.41) is 7.42. The number of carbonyl (C=O) groups excluding carboxylic acids is 1. The van der Waals surface area contributed by atoms with E-state index in [-0.39, 0.29) is 17.0 Å². The lowest BCUT2D eigenvalue weighted by Gasteiger charge is -2.54. The molecule has 0 aromatic heterocycles. The lowest BCUT2D eigenvalue weighted by Crippen LogP contribution is -2.52. The number of aliphatic carboxylic acids is 1. The van der Waals surface area contributed by atoms with Crippen molar-refractivity contribution in [2.75, 3.05) is 0 Å². The molecule has 3 aliphatic rings. The van der Waals surface area contributed by atoms with Gasteiger partial charge >= 0.3 is 5.97 Å². The number of fused-ring (bicyclic) bond motifs is 2. The van der Waals surface area contributed by atoms with Gasteiger partial charge in [-0.3, -0.25) is 9.59 Å². The van der Waals surface area contributed by atoms with Gasteiger partial charge in [0.25, 0.3) is 5.97 Å². The molecule has 3 fully saturated rings. The Balaban J connectivity index is 0.000000433. The van der Waals surface area contributed by atoms with E-state index >= 15 is 0 Å². The van der Waals surface area contributed by atoms with Crippen LogP contribution in [0.25, 0.3) is 0 Å². The molecule has 0 aromatic carbocycles. The van der Waals surface area contributed by atoms with Gasteiger partial charge in [-0.15, -0.1) is 0 Å². The highest BCUT2D eigenvalue weighted by molar-refractivity contribution is 5.76. The van der Waals surface area contributed by atoms with E-state index in [0.29, 0.717) is 0 Å². The van der Waals surface area contributed by atoms with Crippen molar-refractivity contribution >= 4 is 11.9 Å². The minimum Gasteiger partial charge on any atom is -0.481 e. The second-order valence-corrected chi connectivity index (χ2v) is 8.48. The molecule has 3 saturated carbocycles. The molecule has 4 heteroatoms. The van der Waals surface area contributed by atoms with Crippen LogP contribution in [-0.2, 0) is 14.3 Å². The fourth-order valence-corrected chi connectivity index (χ4v) is 4.59. The maximum absolute atomic E-state index is 12.4. The van der Waals surface area contributed by atoms with Gasteiger partial charge in [0.05, 0.1) is 5.41 Å². The van der Waals surface area contributed by atoms with Crippen molar-refractivity contribution in [2.24, 2.45) is 23.2 Å². The third kappa shape index (κ3) is 4.27. The van der Waals surface area contributed by atoms with Crippen molar-refractivity contribution in [3.8, 4) is 0 Å². The van der Waals surface area contributed by atoms with Crippen molar-refractivity contribution in [1.82, 2.24) is 0 Å². The molecule has 0 saturated heterocycles. The molecule has 3 aliphatic carbocycles. The number of carboxylic acids is 1. The van der Waals surface area contributed by atoms with Crippen LogP contribution in [0.3, 0.4) is 0 Å². The van der Waals surface area contributed by atoms with Crippen LogP contribution in [0, 0.1) is 23.2 Å². The fourth-order valence-electron chi connectivity index (χ4n) is 4.59. The van der Waals surface area contributed by atoms with Gasteiger partial charge in [0, 0.05) is 6.92 Å². The van der Waals surface area contributed by atoms with Crippen molar-refractivity contribution in [3.05, 3.63) is 0 Å². The Bertz CT molecular complexity index is 448. The minimum absolute atomic E-state index is 0.0356. The molecule has 4 atom stereocenters. The Kier molecular flexibility index (Phi) is 5.42. The second kappa shape index (κ2) is 6.82. The Morgan fingerprint density at radius 3 is 2.43 bits per heavy atom. The standard InChI is InChI=1S/C17H28O2.C2H4O2/c1-4-16(2,3)15(18)19-17-8-7-13-6-5-12(10-17)9-14(13)11-17;1-2(3)4/h12-14H,4-11H2,1-3H3;1H3,(H,3,4). The van der Waals surface area contributed by atoms with Crippen molar-refractivity contribution < 1.29 is 19.4 Å². The zero-order valence-electron chi connectivity index (χ0n) is 15.1.